The number of aliphatic hydroxyl groups is 1. The first-order valence-electron chi connectivity index (χ1n) is 31.6. The zero-order valence-corrected chi connectivity index (χ0v) is 57.7. The second kappa shape index (κ2) is 42.4. The predicted molar refractivity (Wildman–Crippen MR) is 363 cm³/mol. The number of ether oxygens (including phenoxy) is 11. The number of hydrogen-bond acceptors (Lipinski definition) is 33. The molecule has 0 saturated carbocycles. The molecule has 4 aromatic heterocycles. The zero-order chi connectivity index (χ0) is 69.2. The number of methoxy groups -OCH3 is 2. The molecule has 4 aliphatic rings. The lowest BCUT2D eigenvalue weighted by Crippen LogP contribution is -2.45. The normalized spacial score (nSPS) is 16.9. The van der Waals surface area contributed by atoms with Crippen LogP contribution in [0.15, 0.2) is 57.5 Å². The van der Waals surface area contributed by atoms with Crippen molar-refractivity contribution < 1.29 is 76.4 Å². The lowest BCUT2D eigenvalue weighted by atomic mass is 10.0. The predicted octanol–water partition coefficient (Wildman–Crippen LogP) is 1.89. The van der Waals surface area contributed by atoms with Crippen LogP contribution in [0.1, 0.15) is 25.7 Å². The molecule has 0 radical (unpaired) electrons. The number of hydrogen-bond donors (Lipinski definition) is 7. The topological polar surface area (TPSA) is 406 Å². The molecule has 8 rings (SSSR count). The minimum atomic E-state index is -0.439. The Morgan fingerprint density at radius 1 is 0.598 bits per heavy atom. The third-order valence-electron chi connectivity index (χ3n) is 14.5. The second-order valence-electron chi connectivity index (χ2n) is 21.6. The largest absolute Gasteiger partial charge is 0.480 e. The summed E-state index contributed by atoms with van der Waals surface area (Å²) in [6.45, 7) is 18.1. The number of fused-ring (bicyclic) bond motifs is 1. The van der Waals surface area contributed by atoms with Gasteiger partial charge in [0.25, 0.3) is 0 Å². The molecule has 0 spiro atoms. The van der Waals surface area contributed by atoms with Gasteiger partial charge in [0.05, 0.1) is 112 Å². The van der Waals surface area contributed by atoms with Crippen LogP contribution in [0.25, 0.3) is 0 Å². The van der Waals surface area contributed by atoms with Gasteiger partial charge in [-0.25, -0.2) is 24.7 Å². The lowest BCUT2D eigenvalue weighted by Gasteiger charge is -2.32. The number of rotatable bonds is 42. The van der Waals surface area contributed by atoms with Crippen molar-refractivity contribution in [3.8, 4) is 23.5 Å². The van der Waals surface area contributed by atoms with Crippen LogP contribution in [0.5, 0.6) is 23.5 Å². The Labute approximate surface area is 576 Å². The summed E-state index contributed by atoms with van der Waals surface area (Å²) in [5.74, 6) is 2.62. The smallest absolute Gasteiger partial charge is 0.315 e. The summed E-state index contributed by atoms with van der Waals surface area (Å²) in [5, 5.41) is 20.7. The molecule has 534 valence electrons. The first-order valence-corrected chi connectivity index (χ1v) is 34.3. The first kappa shape index (κ1) is 76.9. The van der Waals surface area contributed by atoms with E-state index in [2.05, 4.69) is 98.0 Å². The summed E-state index contributed by atoms with van der Waals surface area (Å²) in [4.78, 5) is 92.8. The zero-order valence-electron chi connectivity index (χ0n) is 55.3. The van der Waals surface area contributed by atoms with Crippen LogP contribution in [-0.4, -0.2) is 288 Å². The van der Waals surface area contributed by atoms with Crippen molar-refractivity contribution in [2.24, 2.45) is 0 Å². The number of nitrogens with one attached hydrogen (secondary N) is 4. The molecule has 4 aromatic rings. The molecular weight excluding hydrogens is 1320 g/mol. The molecule has 8 heterocycles. The van der Waals surface area contributed by atoms with Gasteiger partial charge >= 0.3 is 12.0 Å². The number of likely N-dealkylation sites (N-methyl/N-ethyl adjacent to an activating group) is 2. The van der Waals surface area contributed by atoms with E-state index in [0.717, 1.165) is 113 Å². The number of nitrogen functional groups attached to an aromatic ring is 2. The molecule has 3 atom stereocenters. The molecule has 0 aromatic carbocycles. The molecule has 9 N–H and O–H groups in total. The van der Waals surface area contributed by atoms with Gasteiger partial charge in [-0.3, -0.25) is 14.4 Å². The fraction of sp³-hybridized carbons (Fsp3) is 0.600. The van der Waals surface area contributed by atoms with Gasteiger partial charge in [-0.15, -0.1) is 0 Å². The Bertz CT molecular complexity index is 3140. The van der Waals surface area contributed by atoms with Crippen molar-refractivity contribution in [1.29, 1.82) is 0 Å². The fourth-order valence-electron chi connectivity index (χ4n) is 9.47. The maximum Gasteiger partial charge on any atom is 0.315 e. The fourth-order valence-corrected chi connectivity index (χ4v) is 12.8. The molecule has 0 bridgehead atoms. The Kier molecular flexibility index (Phi) is 33.6. The van der Waals surface area contributed by atoms with Gasteiger partial charge in [0.2, 0.25) is 47.2 Å². The number of esters is 1. The summed E-state index contributed by atoms with van der Waals surface area (Å²) in [5.41, 5.74) is 12.0. The van der Waals surface area contributed by atoms with Crippen molar-refractivity contribution in [3.05, 3.63) is 37.4 Å². The summed E-state index contributed by atoms with van der Waals surface area (Å²) in [6.07, 6.45) is 5.26. The van der Waals surface area contributed by atoms with E-state index in [0.29, 0.717) is 99.4 Å². The van der Waals surface area contributed by atoms with E-state index in [-0.39, 0.29) is 121 Å². The molecule has 4 aliphatic heterocycles. The van der Waals surface area contributed by atoms with Crippen molar-refractivity contribution in [2.45, 2.75) is 63.1 Å². The summed E-state index contributed by atoms with van der Waals surface area (Å²) in [7, 11) is 7.16. The number of aromatic nitrogens is 8. The molecular formula is C60H90N18O16S3. The quantitative estimate of drug-likeness (QED) is 0.0109. The van der Waals surface area contributed by atoms with Crippen molar-refractivity contribution >= 4 is 94.3 Å². The van der Waals surface area contributed by atoms with E-state index in [1.807, 2.05) is 11.8 Å². The number of thioether (sulfide) groups is 1. The number of aliphatic hydroxyl groups excluding tert-OH is 1. The average molecular weight is 1420 g/mol. The van der Waals surface area contributed by atoms with E-state index >= 15 is 0 Å². The Morgan fingerprint density at radius 3 is 1.45 bits per heavy atom. The summed E-state index contributed by atoms with van der Waals surface area (Å²) in [6, 6.07) is 3.20. The number of amides is 4. The van der Waals surface area contributed by atoms with Gasteiger partial charge in [0.15, 0.2) is 10.3 Å². The SMILES string of the molecule is C=CC(=O)Nc1cc(N)nc(Sc2c(OC)nc(N3CCN(C)CC3)nc2OCCOCCOCCOCCO)n1.C=CC(=O)Nc1cc(N)nc(Sc2c(OC)nc(N3CCN(C)CC3)nc2OCCOCCOCCOCCOC(=O)CCCCC2SC[C@@H]3NC(=O)N[C@H]23)n1. The maximum atomic E-state index is 12.1. The number of urea groups is 1. The molecule has 4 saturated heterocycles. The van der Waals surface area contributed by atoms with E-state index < -0.39 is 11.8 Å². The van der Waals surface area contributed by atoms with Gasteiger partial charge in [-0.1, -0.05) is 19.6 Å². The standard InChI is InChI=1S/C35H52N10O9S2.C25H38N8O7S/c1-4-27(46)39-26-21-25(36)38-35(40-26)56-30-31(49-3)42-33(45-11-9-44(2)10-12-45)43-32(30)54-20-18-52-16-14-50-13-15-51-17-19-53-28(47)8-6-5-7-24-29-23(22-55-24)37-34(48)41-29;1-4-20(35)28-19-17-18(26)27-25(29-19)41-21-22(36-3)30-24(33-7-5-32(2)6-8-33)31-23(21)40-16-15-39-14-13-38-12-11-37-10-9-34/h4,21,23-24,29H,1,5-20,22H2,2-3H3,(H2,37,41,48)(H3,36,38,39,40,46);4,17,34H,1,5-16H2,2-3H3,(H3,26,27,28,29,35)/t23-,24?,29-;/m0./s1. The van der Waals surface area contributed by atoms with E-state index in [1.165, 1.54) is 26.4 Å². The Morgan fingerprint density at radius 2 is 1.02 bits per heavy atom. The maximum absolute atomic E-state index is 12.1. The van der Waals surface area contributed by atoms with Crippen LogP contribution in [0.3, 0.4) is 0 Å². The number of carbonyl (C=O) groups excluding carboxylic acids is 4. The van der Waals surface area contributed by atoms with Gasteiger partial charge in [0.1, 0.15) is 52.9 Å². The molecule has 34 nitrogen and oxygen atoms in total. The molecule has 97 heavy (non-hydrogen) atoms. The molecule has 37 heteroatoms. The summed E-state index contributed by atoms with van der Waals surface area (Å²) < 4.78 is 61.7. The monoisotopic (exact) mass is 1410 g/mol. The van der Waals surface area contributed by atoms with Gasteiger partial charge in [0, 0.05) is 81.9 Å². The second-order valence-corrected chi connectivity index (χ2v) is 24.8. The number of unbranched alkanes of at least 4 members (excludes halogenated alkanes) is 1. The van der Waals surface area contributed by atoms with E-state index in [1.54, 1.807) is 0 Å². The third kappa shape index (κ3) is 26.7. The van der Waals surface area contributed by atoms with E-state index in [4.69, 9.17) is 78.6 Å². The lowest BCUT2D eigenvalue weighted by molar-refractivity contribution is -0.145. The summed E-state index contributed by atoms with van der Waals surface area (Å²) >= 11 is 4.06. The molecule has 1 unspecified atom stereocenters. The number of piperazine rings is 2. The van der Waals surface area contributed by atoms with Crippen LogP contribution >= 0.6 is 35.3 Å². The number of nitrogens with zero attached hydrogens (tertiary/aromatic N) is 12. The Balaban J connectivity index is 0.000000287. The minimum absolute atomic E-state index is 0.0141. The highest BCUT2D eigenvalue weighted by atomic mass is 32.2. The van der Waals surface area contributed by atoms with E-state index in [9.17, 15) is 19.2 Å². The minimum Gasteiger partial charge on any atom is -0.480 e. The van der Waals surface area contributed by atoms with Crippen molar-refractivity contribution in [2.75, 3.05) is 224 Å². The van der Waals surface area contributed by atoms with Crippen LogP contribution in [0.2, 0.25) is 0 Å². The van der Waals surface area contributed by atoms with Gasteiger partial charge in [-0.05, 0) is 62.6 Å². The van der Waals surface area contributed by atoms with Crippen LogP contribution in [0, 0.1) is 0 Å². The number of nitrogens with two attached hydrogens (primary N) is 2. The van der Waals surface area contributed by atoms with Crippen LogP contribution < -0.4 is 61.5 Å². The highest BCUT2D eigenvalue weighted by Gasteiger charge is 2.42. The third-order valence-corrected chi connectivity index (χ3v) is 17.8. The van der Waals surface area contributed by atoms with Crippen molar-refractivity contribution in [3.63, 3.8) is 0 Å². The number of carbonyl (C=O) groups is 4. The molecule has 4 fully saturated rings. The average Bonchev–Trinajstić information content (AvgIpc) is 1.03. The van der Waals surface area contributed by atoms with Crippen LogP contribution in [-0.2, 0) is 47.5 Å². The van der Waals surface area contributed by atoms with Gasteiger partial charge in [-0.2, -0.15) is 31.7 Å². The molecule has 0 aliphatic carbocycles. The van der Waals surface area contributed by atoms with Gasteiger partial charge < -0.3 is 110 Å². The first-order chi connectivity index (χ1) is 47.1. The van der Waals surface area contributed by atoms with Crippen LogP contribution in [0.4, 0.5) is 40.0 Å². The highest BCUT2D eigenvalue weighted by molar-refractivity contribution is 8.00. The number of anilines is 6. The van der Waals surface area contributed by atoms with Crippen molar-refractivity contribution in [1.82, 2.24) is 60.3 Å². The highest BCUT2D eigenvalue weighted by Crippen LogP contribution is 2.42. The Hall–Kier alpha value is -7.43. The molecule has 4 amide bonds.